The zero-order valence-corrected chi connectivity index (χ0v) is 22.6. The number of allylic oxidation sites excluding steroid dienone is 1. The number of esters is 4. The second-order valence-electron chi connectivity index (χ2n) is 10.4. The summed E-state index contributed by atoms with van der Waals surface area (Å²) in [5.74, 6) is -3.44. The molecule has 2 aliphatic rings. The molecule has 0 aromatic carbocycles. The number of aliphatic hydroxyl groups is 1. The Morgan fingerprint density at radius 2 is 1.62 bits per heavy atom. The first kappa shape index (κ1) is 30.1. The van der Waals surface area contributed by atoms with Crippen LogP contribution in [0.25, 0.3) is 0 Å². The van der Waals surface area contributed by atoms with Gasteiger partial charge in [0.15, 0.2) is 11.7 Å². The standard InChI is InChI=1S/C27H38O10/c1-15(2)8-22(29)35-14-27(32)21(36-23(30)9-16(3)4)11-20-19(12-33-18(7)28)13-34-26(25(20)27)37-24(31)10-17(5)6/h10-11,13,15-16,21,25-26,32H,8-9,12,14H2,1-7H3/t21-,25+,26-,27+/m0/s1. The summed E-state index contributed by atoms with van der Waals surface area (Å²) >= 11 is 0. The molecule has 10 nitrogen and oxygen atoms in total. The molecular weight excluding hydrogens is 484 g/mol. The normalized spacial score (nSPS) is 24.3. The molecule has 0 radical (unpaired) electrons. The molecular formula is C27H38O10. The summed E-state index contributed by atoms with van der Waals surface area (Å²) in [7, 11) is 0. The number of ether oxygens (including phenoxy) is 5. The monoisotopic (exact) mass is 522 g/mol. The molecule has 0 amide bonds. The molecule has 0 aromatic rings. The van der Waals surface area contributed by atoms with Gasteiger partial charge in [0.2, 0.25) is 0 Å². The molecule has 0 aromatic heterocycles. The average molecular weight is 523 g/mol. The summed E-state index contributed by atoms with van der Waals surface area (Å²) < 4.78 is 27.3. The molecule has 0 unspecified atom stereocenters. The van der Waals surface area contributed by atoms with E-state index in [1.54, 1.807) is 13.8 Å². The van der Waals surface area contributed by atoms with Crippen molar-refractivity contribution in [2.24, 2.45) is 17.8 Å². The molecule has 10 heteroatoms. The lowest BCUT2D eigenvalue weighted by molar-refractivity contribution is -0.215. The lowest BCUT2D eigenvalue weighted by Crippen LogP contribution is -2.56. The van der Waals surface area contributed by atoms with E-state index in [-0.39, 0.29) is 31.3 Å². The van der Waals surface area contributed by atoms with Gasteiger partial charge in [-0.2, -0.15) is 0 Å². The van der Waals surface area contributed by atoms with E-state index < -0.39 is 54.4 Å². The topological polar surface area (TPSA) is 135 Å². The molecule has 37 heavy (non-hydrogen) atoms. The molecule has 0 spiro atoms. The number of fused-ring (bicyclic) bond motifs is 1. The van der Waals surface area contributed by atoms with Crippen molar-refractivity contribution in [3.8, 4) is 0 Å². The second kappa shape index (κ2) is 12.9. The van der Waals surface area contributed by atoms with Crippen molar-refractivity contribution in [1.29, 1.82) is 0 Å². The van der Waals surface area contributed by atoms with Crippen LogP contribution in [0, 0.1) is 17.8 Å². The van der Waals surface area contributed by atoms with Crippen LogP contribution in [0.1, 0.15) is 61.3 Å². The highest BCUT2D eigenvalue weighted by atomic mass is 16.7. The van der Waals surface area contributed by atoms with Gasteiger partial charge in [0.1, 0.15) is 13.2 Å². The zero-order chi connectivity index (χ0) is 27.9. The first-order chi connectivity index (χ1) is 17.2. The van der Waals surface area contributed by atoms with Crippen LogP contribution in [0.3, 0.4) is 0 Å². The Bertz CT molecular complexity index is 970. The summed E-state index contributed by atoms with van der Waals surface area (Å²) in [6.45, 7) is 11.3. The molecule has 0 saturated carbocycles. The summed E-state index contributed by atoms with van der Waals surface area (Å²) in [6, 6.07) is 0. The molecule has 4 atom stereocenters. The minimum atomic E-state index is -2.03. The summed E-state index contributed by atoms with van der Waals surface area (Å²) in [5, 5.41) is 11.9. The van der Waals surface area contributed by atoms with Gasteiger partial charge >= 0.3 is 23.9 Å². The highest BCUT2D eigenvalue weighted by Crippen LogP contribution is 2.47. The number of rotatable bonds is 11. The minimum Gasteiger partial charge on any atom is -0.462 e. The largest absolute Gasteiger partial charge is 0.462 e. The van der Waals surface area contributed by atoms with Crippen molar-refractivity contribution < 1.29 is 48.0 Å². The molecule has 2 rings (SSSR count). The molecule has 206 valence electrons. The molecule has 1 aliphatic carbocycles. The summed E-state index contributed by atoms with van der Waals surface area (Å²) in [5.41, 5.74) is -0.566. The Balaban J connectivity index is 2.48. The van der Waals surface area contributed by atoms with Crippen molar-refractivity contribution in [2.75, 3.05) is 13.2 Å². The molecule has 1 heterocycles. The van der Waals surface area contributed by atoms with Crippen LogP contribution in [-0.4, -0.2) is 60.2 Å². The Kier molecular flexibility index (Phi) is 10.5. The highest BCUT2D eigenvalue weighted by molar-refractivity contribution is 5.82. The first-order valence-corrected chi connectivity index (χ1v) is 12.4. The number of hydrogen-bond donors (Lipinski definition) is 1. The maximum absolute atomic E-state index is 12.6. The molecule has 0 saturated heterocycles. The lowest BCUT2D eigenvalue weighted by atomic mass is 9.82. The van der Waals surface area contributed by atoms with Gasteiger partial charge < -0.3 is 28.8 Å². The number of carbonyl (C=O) groups excluding carboxylic acids is 4. The van der Waals surface area contributed by atoms with Crippen molar-refractivity contribution >= 4 is 23.9 Å². The van der Waals surface area contributed by atoms with Gasteiger partial charge in [0.05, 0.1) is 12.2 Å². The Morgan fingerprint density at radius 3 is 2.19 bits per heavy atom. The Labute approximate surface area is 217 Å². The maximum atomic E-state index is 12.6. The average Bonchev–Trinajstić information content (AvgIpc) is 3.03. The van der Waals surface area contributed by atoms with Crippen molar-refractivity contribution in [1.82, 2.24) is 0 Å². The lowest BCUT2D eigenvalue weighted by Gasteiger charge is -2.40. The van der Waals surface area contributed by atoms with Crippen LogP contribution in [0.4, 0.5) is 0 Å². The van der Waals surface area contributed by atoms with Crippen molar-refractivity contribution in [3.63, 3.8) is 0 Å². The van der Waals surface area contributed by atoms with Gasteiger partial charge in [0, 0.05) is 31.4 Å². The van der Waals surface area contributed by atoms with Crippen molar-refractivity contribution in [2.45, 2.75) is 79.3 Å². The van der Waals surface area contributed by atoms with E-state index in [9.17, 15) is 24.3 Å². The molecule has 1 aliphatic heterocycles. The third kappa shape index (κ3) is 8.45. The Hall–Kier alpha value is -3.14. The minimum absolute atomic E-state index is 0.00123. The predicted octanol–water partition coefficient (Wildman–Crippen LogP) is 3.13. The van der Waals surface area contributed by atoms with Crippen LogP contribution >= 0.6 is 0 Å². The van der Waals surface area contributed by atoms with Crippen LogP contribution in [-0.2, 0) is 42.9 Å². The van der Waals surface area contributed by atoms with Gasteiger partial charge in [0.25, 0.3) is 6.29 Å². The number of carbonyl (C=O) groups is 4. The van der Waals surface area contributed by atoms with E-state index in [1.807, 2.05) is 27.7 Å². The van der Waals surface area contributed by atoms with Gasteiger partial charge in [-0.05, 0) is 37.3 Å². The van der Waals surface area contributed by atoms with Crippen LogP contribution in [0.2, 0.25) is 0 Å². The van der Waals surface area contributed by atoms with Gasteiger partial charge in [-0.1, -0.05) is 33.3 Å². The number of hydrogen-bond acceptors (Lipinski definition) is 10. The second-order valence-corrected chi connectivity index (χ2v) is 10.4. The fraction of sp³-hybridized carbons (Fsp3) is 0.630. The fourth-order valence-corrected chi connectivity index (χ4v) is 4.04. The first-order valence-electron chi connectivity index (χ1n) is 12.4. The summed E-state index contributed by atoms with van der Waals surface area (Å²) in [6.07, 6.45) is 1.66. The highest BCUT2D eigenvalue weighted by Gasteiger charge is 2.59. The van der Waals surface area contributed by atoms with Gasteiger partial charge in [-0.25, -0.2) is 4.79 Å². The fourth-order valence-electron chi connectivity index (χ4n) is 4.04. The maximum Gasteiger partial charge on any atom is 0.333 e. The molecule has 0 bridgehead atoms. The SMILES string of the molecule is CC(=O)OCC1=CO[C@@H](OC(=O)C=C(C)C)[C@H]2C1=C[C@H](OC(=O)CC(C)C)[C@]2(O)COC(=O)CC(C)C. The van der Waals surface area contributed by atoms with Crippen LogP contribution in [0.5, 0.6) is 0 Å². The zero-order valence-electron chi connectivity index (χ0n) is 22.6. The van der Waals surface area contributed by atoms with E-state index in [4.69, 9.17) is 23.7 Å². The van der Waals surface area contributed by atoms with E-state index in [1.165, 1.54) is 25.3 Å². The van der Waals surface area contributed by atoms with Crippen molar-refractivity contribution in [3.05, 3.63) is 35.1 Å². The smallest absolute Gasteiger partial charge is 0.333 e. The van der Waals surface area contributed by atoms with Gasteiger partial charge in [-0.3, -0.25) is 14.4 Å². The predicted molar refractivity (Wildman–Crippen MR) is 131 cm³/mol. The molecule has 1 N–H and O–H groups in total. The third-order valence-corrected chi connectivity index (χ3v) is 5.63. The van der Waals surface area contributed by atoms with Gasteiger partial charge in [-0.15, -0.1) is 0 Å². The van der Waals surface area contributed by atoms with E-state index in [0.717, 1.165) is 0 Å². The van der Waals surface area contributed by atoms with Crippen LogP contribution in [0.15, 0.2) is 35.1 Å². The third-order valence-electron chi connectivity index (χ3n) is 5.63. The molecule has 0 fully saturated rings. The summed E-state index contributed by atoms with van der Waals surface area (Å²) in [4.78, 5) is 48.8. The van der Waals surface area contributed by atoms with E-state index in [2.05, 4.69) is 0 Å². The van der Waals surface area contributed by atoms with Crippen LogP contribution < -0.4 is 0 Å². The van der Waals surface area contributed by atoms with E-state index in [0.29, 0.717) is 16.7 Å². The van der Waals surface area contributed by atoms with E-state index >= 15 is 0 Å². The quantitative estimate of drug-likeness (QED) is 0.245. The Morgan fingerprint density at radius 1 is 1.00 bits per heavy atom.